The van der Waals surface area contributed by atoms with Gasteiger partial charge in [0, 0.05) is 25.3 Å². The van der Waals surface area contributed by atoms with Crippen LogP contribution in [0.2, 0.25) is 0 Å². The molecule has 0 aromatic heterocycles. The molecular formula is C14H16N+. The predicted octanol–water partition coefficient (Wildman–Crippen LogP) is 3.00. The van der Waals surface area contributed by atoms with Crippen LogP contribution in [0.5, 0.6) is 0 Å². The minimum Gasteiger partial charge on any atom is -0.226 e. The molecular weight excluding hydrogens is 182 g/mol. The SMILES string of the molecule is C=Cc1cccc2c1C1=[N+](CCC1)C2C. The molecule has 1 heteroatoms. The Balaban J connectivity index is 2.27. The van der Waals surface area contributed by atoms with Gasteiger partial charge in [-0.1, -0.05) is 30.9 Å². The number of hydrogen-bond donors (Lipinski definition) is 0. The highest BCUT2D eigenvalue weighted by atomic mass is 15.1. The second-order valence-corrected chi connectivity index (χ2v) is 4.44. The second kappa shape index (κ2) is 3.06. The van der Waals surface area contributed by atoms with Gasteiger partial charge in [-0.25, -0.2) is 4.58 Å². The molecule has 2 aliphatic rings. The van der Waals surface area contributed by atoms with E-state index in [1.54, 1.807) is 5.71 Å². The van der Waals surface area contributed by atoms with E-state index in [4.69, 9.17) is 0 Å². The van der Waals surface area contributed by atoms with Crippen molar-refractivity contribution in [1.29, 1.82) is 0 Å². The monoisotopic (exact) mass is 198 g/mol. The van der Waals surface area contributed by atoms with E-state index in [9.17, 15) is 0 Å². The lowest BCUT2D eigenvalue weighted by Crippen LogP contribution is -2.11. The lowest BCUT2D eigenvalue weighted by Gasteiger charge is -2.05. The van der Waals surface area contributed by atoms with Crippen molar-refractivity contribution in [2.24, 2.45) is 0 Å². The molecule has 0 saturated heterocycles. The summed E-state index contributed by atoms with van der Waals surface area (Å²) < 4.78 is 2.55. The van der Waals surface area contributed by atoms with Gasteiger partial charge in [0.15, 0.2) is 11.8 Å². The van der Waals surface area contributed by atoms with Crippen LogP contribution in [-0.2, 0) is 0 Å². The molecule has 2 aliphatic heterocycles. The van der Waals surface area contributed by atoms with Crippen molar-refractivity contribution in [2.45, 2.75) is 25.8 Å². The average molecular weight is 198 g/mol. The summed E-state index contributed by atoms with van der Waals surface area (Å²) in [5.74, 6) is 0. The van der Waals surface area contributed by atoms with E-state index in [2.05, 4.69) is 36.3 Å². The van der Waals surface area contributed by atoms with E-state index in [-0.39, 0.29) is 0 Å². The van der Waals surface area contributed by atoms with Crippen LogP contribution in [0, 0.1) is 0 Å². The Labute approximate surface area is 90.8 Å². The fraction of sp³-hybridized carbons (Fsp3) is 0.357. The molecule has 3 rings (SSSR count). The van der Waals surface area contributed by atoms with Crippen LogP contribution in [0.1, 0.15) is 42.5 Å². The first kappa shape index (κ1) is 8.90. The third-order valence-electron chi connectivity index (χ3n) is 3.71. The maximum absolute atomic E-state index is 3.92. The van der Waals surface area contributed by atoms with E-state index in [0.29, 0.717) is 6.04 Å². The molecule has 0 aliphatic carbocycles. The number of rotatable bonds is 1. The minimum atomic E-state index is 0.567. The molecule has 1 aromatic rings. The summed E-state index contributed by atoms with van der Waals surface area (Å²) in [5.41, 5.74) is 5.81. The standard InChI is InChI=1S/C14H16N/c1-3-11-6-4-7-12-10(2)15-9-5-8-13(15)14(11)12/h3-4,6-7,10H,1,5,8-9H2,2H3/q+1. The third kappa shape index (κ3) is 1.06. The van der Waals surface area contributed by atoms with Crippen molar-refractivity contribution >= 4 is 11.8 Å². The van der Waals surface area contributed by atoms with Gasteiger partial charge in [0.25, 0.3) is 0 Å². The summed E-state index contributed by atoms with van der Waals surface area (Å²) in [5, 5.41) is 0. The Morgan fingerprint density at radius 2 is 2.33 bits per heavy atom. The molecule has 0 radical (unpaired) electrons. The Hall–Kier alpha value is -1.37. The van der Waals surface area contributed by atoms with Gasteiger partial charge in [-0.3, -0.25) is 0 Å². The summed E-state index contributed by atoms with van der Waals surface area (Å²) in [6.45, 7) is 7.45. The molecule has 0 amide bonds. The predicted molar refractivity (Wildman–Crippen MR) is 63.4 cm³/mol. The van der Waals surface area contributed by atoms with Gasteiger partial charge >= 0.3 is 0 Å². The fourth-order valence-electron chi connectivity index (χ4n) is 3.00. The van der Waals surface area contributed by atoms with Crippen molar-refractivity contribution in [1.82, 2.24) is 0 Å². The molecule has 2 heterocycles. The molecule has 0 saturated carbocycles. The molecule has 1 atom stereocenters. The van der Waals surface area contributed by atoms with Gasteiger partial charge in [0.2, 0.25) is 0 Å². The number of hydrogen-bond acceptors (Lipinski definition) is 0. The van der Waals surface area contributed by atoms with Crippen LogP contribution in [0.4, 0.5) is 0 Å². The zero-order valence-corrected chi connectivity index (χ0v) is 9.16. The molecule has 76 valence electrons. The largest absolute Gasteiger partial charge is 0.226 e. The van der Waals surface area contributed by atoms with Crippen LogP contribution in [-0.4, -0.2) is 16.8 Å². The van der Waals surface area contributed by atoms with Gasteiger partial charge in [-0.05, 0) is 5.56 Å². The summed E-state index contributed by atoms with van der Waals surface area (Å²) in [6.07, 6.45) is 4.53. The lowest BCUT2D eigenvalue weighted by molar-refractivity contribution is -0.556. The average Bonchev–Trinajstić information content (AvgIpc) is 2.83. The molecule has 15 heavy (non-hydrogen) atoms. The van der Waals surface area contributed by atoms with Crippen LogP contribution in [0.3, 0.4) is 0 Å². The summed E-state index contributed by atoms with van der Waals surface area (Å²) in [4.78, 5) is 0. The lowest BCUT2D eigenvalue weighted by atomic mass is 9.95. The normalized spacial score (nSPS) is 22.9. The van der Waals surface area contributed by atoms with Gasteiger partial charge < -0.3 is 0 Å². The van der Waals surface area contributed by atoms with E-state index in [1.165, 1.54) is 36.1 Å². The second-order valence-electron chi connectivity index (χ2n) is 4.44. The molecule has 0 spiro atoms. The van der Waals surface area contributed by atoms with Crippen molar-refractivity contribution in [2.75, 3.05) is 6.54 Å². The Kier molecular flexibility index (Phi) is 1.82. The fourth-order valence-corrected chi connectivity index (χ4v) is 3.00. The molecule has 1 nitrogen and oxygen atoms in total. The Morgan fingerprint density at radius 3 is 3.13 bits per heavy atom. The van der Waals surface area contributed by atoms with Gasteiger partial charge in [0.05, 0.1) is 5.56 Å². The van der Waals surface area contributed by atoms with E-state index in [1.807, 2.05) is 6.08 Å². The molecule has 1 aromatic carbocycles. The maximum Gasteiger partial charge on any atom is 0.185 e. The van der Waals surface area contributed by atoms with Crippen molar-refractivity contribution in [3.05, 3.63) is 41.5 Å². The van der Waals surface area contributed by atoms with Gasteiger partial charge in [-0.15, -0.1) is 0 Å². The zero-order valence-electron chi connectivity index (χ0n) is 9.16. The van der Waals surface area contributed by atoms with E-state index < -0.39 is 0 Å². The molecule has 0 bridgehead atoms. The highest BCUT2D eigenvalue weighted by Crippen LogP contribution is 2.35. The van der Waals surface area contributed by atoms with Gasteiger partial charge in [-0.2, -0.15) is 0 Å². The van der Waals surface area contributed by atoms with Crippen LogP contribution in [0.15, 0.2) is 24.8 Å². The highest BCUT2D eigenvalue weighted by molar-refractivity contribution is 6.03. The van der Waals surface area contributed by atoms with Crippen LogP contribution < -0.4 is 0 Å². The molecule has 1 unspecified atom stereocenters. The number of benzene rings is 1. The molecule has 0 fully saturated rings. The van der Waals surface area contributed by atoms with Crippen LogP contribution in [0.25, 0.3) is 6.08 Å². The maximum atomic E-state index is 3.92. The quantitative estimate of drug-likeness (QED) is 0.610. The first-order valence-corrected chi connectivity index (χ1v) is 5.71. The first-order valence-electron chi connectivity index (χ1n) is 5.71. The first-order chi connectivity index (χ1) is 7.33. The summed E-state index contributed by atoms with van der Waals surface area (Å²) in [6, 6.07) is 7.15. The highest BCUT2D eigenvalue weighted by Gasteiger charge is 2.39. The van der Waals surface area contributed by atoms with Crippen molar-refractivity contribution in [3.8, 4) is 0 Å². The van der Waals surface area contributed by atoms with E-state index in [0.717, 1.165) is 0 Å². The smallest absolute Gasteiger partial charge is 0.185 e. The zero-order chi connectivity index (χ0) is 10.4. The summed E-state index contributed by atoms with van der Waals surface area (Å²) in [7, 11) is 0. The third-order valence-corrected chi connectivity index (χ3v) is 3.71. The van der Waals surface area contributed by atoms with E-state index >= 15 is 0 Å². The Morgan fingerprint density at radius 1 is 1.47 bits per heavy atom. The Bertz CT molecular complexity index is 468. The van der Waals surface area contributed by atoms with Gasteiger partial charge in [0.1, 0.15) is 6.54 Å². The summed E-state index contributed by atoms with van der Waals surface area (Å²) >= 11 is 0. The topological polar surface area (TPSA) is 3.01 Å². The minimum absolute atomic E-state index is 0.567. The van der Waals surface area contributed by atoms with Crippen LogP contribution >= 0.6 is 0 Å². The number of fused-ring (bicyclic) bond motifs is 2. The van der Waals surface area contributed by atoms with Crippen molar-refractivity contribution in [3.63, 3.8) is 0 Å². The van der Waals surface area contributed by atoms with Crippen molar-refractivity contribution < 1.29 is 4.58 Å². The number of nitrogens with zero attached hydrogens (tertiary/aromatic N) is 1. The molecule has 0 N–H and O–H groups in total.